The lowest BCUT2D eigenvalue weighted by atomic mass is 10.3. The first-order valence-corrected chi connectivity index (χ1v) is 4.24. The van der Waals surface area contributed by atoms with Crippen LogP contribution in [0.25, 0.3) is 0 Å². The average Bonchev–Trinajstić information content (AvgIpc) is 2.24. The van der Waals surface area contributed by atoms with E-state index in [9.17, 15) is 20.2 Å². The minimum atomic E-state index is -0.934. The first kappa shape index (κ1) is 11.7. The van der Waals surface area contributed by atoms with Crippen molar-refractivity contribution in [1.82, 2.24) is 0 Å². The van der Waals surface area contributed by atoms with Gasteiger partial charge in [0.1, 0.15) is 19.0 Å². The minimum Gasteiger partial charge on any atom is -0.491 e. The van der Waals surface area contributed by atoms with Gasteiger partial charge in [0.05, 0.1) is 11.0 Å². The summed E-state index contributed by atoms with van der Waals surface area (Å²) < 4.78 is 5.01. The maximum absolute atomic E-state index is 10.4. The van der Waals surface area contributed by atoms with E-state index in [0.717, 1.165) is 0 Å². The molecule has 0 bridgehead atoms. The zero-order chi connectivity index (χ0) is 12.0. The van der Waals surface area contributed by atoms with Crippen molar-refractivity contribution in [2.75, 3.05) is 13.2 Å². The molecule has 0 aliphatic carbocycles. The van der Waals surface area contributed by atoms with E-state index in [1.165, 1.54) is 24.3 Å². The molecule has 0 spiro atoms. The van der Waals surface area contributed by atoms with Crippen LogP contribution >= 0.6 is 0 Å². The molecule has 0 aromatic heterocycles. The van der Waals surface area contributed by atoms with Crippen molar-refractivity contribution in [3.05, 3.63) is 44.5 Å². The topological polar surface area (TPSA) is 105 Å². The Bertz CT molecular complexity index is 394. The second-order valence-electron chi connectivity index (χ2n) is 2.66. The molecule has 8 heteroatoms. The maximum Gasteiger partial charge on any atom is 0.294 e. The molecule has 0 heterocycles. The van der Waals surface area contributed by atoms with Crippen molar-refractivity contribution in [3.8, 4) is 5.75 Å². The van der Waals surface area contributed by atoms with Gasteiger partial charge in [0.15, 0.2) is 0 Å². The monoisotopic (exact) mass is 228 g/mol. The van der Waals surface area contributed by atoms with Crippen LogP contribution in [0.5, 0.6) is 5.75 Å². The highest BCUT2D eigenvalue weighted by Gasteiger charge is 2.06. The van der Waals surface area contributed by atoms with Gasteiger partial charge >= 0.3 is 0 Å². The third-order valence-electron chi connectivity index (χ3n) is 1.58. The summed E-state index contributed by atoms with van der Waals surface area (Å²) in [4.78, 5) is 23.7. The molecule has 1 aromatic rings. The number of nitro benzene ring substituents is 1. The van der Waals surface area contributed by atoms with Gasteiger partial charge in [-0.1, -0.05) is 6.07 Å². The Morgan fingerprint density at radius 2 is 1.94 bits per heavy atom. The number of benzene rings is 1. The number of ether oxygens (including phenoxy) is 1. The molecule has 8 nitrogen and oxygen atoms in total. The van der Waals surface area contributed by atoms with Crippen LogP contribution in [0.15, 0.2) is 24.3 Å². The van der Waals surface area contributed by atoms with Gasteiger partial charge in [0, 0.05) is 6.07 Å². The molecule has 0 fully saturated rings. The molecule has 16 heavy (non-hydrogen) atoms. The first-order valence-electron chi connectivity index (χ1n) is 4.24. The molecule has 0 radical (unpaired) electrons. The van der Waals surface area contributed by atoms with Gasteiger partial charge in [-0.15, -0.1) is 10.1 Å². The highest BCUT2D eigenvalue weighted by atomic mass is 17.0. The van der Waals surface area contributed by atoms with Crippen molar-refractivity contribution >= 4 is 5.69 Å². The van der Waals surface area contributed by atoms with Crippen LogP contribution in [0.2, 0.25) is 0 Å². The number of hydrogen-bond acceptors (Lipinski definition) is 6. The Hall–Kier alpha value is -2.38. The van der Waals surface area contributed by atoms with E-state index in [0.29, 0.717) is 0 Å². The van der Waals surface area contributed by atoms with Gasteiger partial charge < -0.3 is 9.57 Å². The van der Waals surface area contributed by atoms with Gasteiger partial charge in [-0.3, -0.25) is 10.1 Å². The molecule has 0 unspecified atom stereocenters. The third kappa shape index (κ3) is 3.78. The lowest BCUT2D eigenvalue weighted by molar-refractivity contribution is -0.757. The molecule has 0 saturated carbocycles. The van der Waals surface area contributed by atoms with Gasteiger partial charge in [-0.2, -0.15) is 0 Å². The number of nitrogens with zero attached hydrogens (tertiary/aromatic N) is 2. The van der Waals surface area contributed by atoms with E-state index < -0.39 is 10.0 Å². The predicted octanol–water partition coefficient (Wildman–Crippen LogP) is 1.18. The SMILES string of the molecule is O=[N+]([O-])OCCOc1cccc([N+](=O)[O-])c1. The summed E-state index contributed by atoms with van der Waals surface area (Å²) in [6, 6.07) is 5.52. The lowest BCUT2D eigenvalue weighted by Crippen LogP contribution is -2.10. The quantitative estimate of drug-likeness (QED) is 0.411. The number of hydrogen-bond donors (Lipinski definition) is 0. The molecule has 0 atom stereocenters. The Morgan fingerprint density at radius 1 is 1.19 bits per heavy atom. The van der Waals surface area contributed by atoms with Crippen LogP contribution in [0, 0.1) is 20.2 Å². The Morgan fingerprint density at radius 3 is 2.56 bits per heavy atom. The van der Waals surface area contributed by atoms with Crippen LogP contribution in [0.4, 0.5) is 5.69 Å². The van der Waals surface area contributed by atoms with Gasteiger partial charge in [0.2, 0.25) is 0 Å². The Balaban J connectivity index is 2.45. The second-order valence-corrected chi connectivity index (χ2v) is 2.66. The second kappa shape index (κ2) is 5.49. The van der Waals surface area contributed by atoms with Crippen molar-refractivity contribution in [3.63, 3.8) is 0 Å². The normalized spacial score (nSPS) is 9.50. The van der Waals surface area contributed by atoms with Crippen molar-refractivity contribution in [1.29, 1.82) is 0 Å². The van der Waals surface area contributed by atoms with Crippen LogP contribution in [0.1, 0.15) is 0 Å². The van der Waals surface area contributed by atoms with E-state index in [2.05, 4.69) is 4.84 Å². The fourth-order valence-corrected chi connectivity index (χ4v) is 0.958. The fraction of sp³-hybridized carbons (Fsp3) is 0.250. The van der Waals surface area contributed by atoms with Gasteiger partial charge in [0.25, 0.3) is 10.8 Å². The third-order valence-corrected chi connectivity index (χ3v) is 1.58. The Kier molecular flexibility index (Phi) is 4.01. The molecule has 0 saturated heterocycles. The van der Waals surface area contributed by atoms with Crippen LogP contribution in [0.3, 0.4) is 0 Å². The van der Waals surface area contributed by atoms with Gasteiger partial charge in [-0.25, -0.2) is 0 Å². The Labute approximate surface area is 89.6 Å². The van der Waals surface area contributed by atoms with Crippen LogP contribution in [-0.4, -0.2) is 23.2 Å². The summed E-state index contributed by atoms with van der Waals surface area (Å²) in [6.45, 7) is -0.280. The summed E-state index contributed by atoms with van der Waals surface area (Å²) in [5, 5.41) is 19.3. The smallest absolute Gasteiger partial charge is 0.294 e. The molecule has 1 aromatic carbocycles. The number of nitro groups is 1. The fourth-order valence-electron chi connectivity index (χ4n) is 0.958. The van der Waals surface area contributed by atoms with E-state index in [1.807, 2.05) is 0 Å². The van der Waals surface area contributed by atoms with Crippen LogP contribution in [-0.2, 0) is 4.84 Å². The number of non-ortho nitro benzene ring substituents is 1. The van der Waals surface area contributed by atoms with E-state index in [1.54, 1.807) is 0 Å². The van der Waals surface area contributed by atoms with Gasteiger partial charge in [-0.05, 0) is 6.07 Å². The molecular formula is C8H8N2O6. The zero-order valence-corrected chi connectivity index (χ0v) is 8.07. The first-order chi connectivity index (χ1) is 7.59. The predicted molar refractivity (Wildman–Crippen MR) is 51.5 cm³/mol. The van der Waals surface area contributed by atoms with E-state index in [4.69, 9.17) is 4.74 Å². The highest BCUT2D eigenvalue weighted by molar-refractivity contribution is 5.37. The molecule has 0 aliphatic rings. The maximum atomic E-state index is 10.4. The number of rotatable bonds is 6. The average molecular weight is 228 g/mol. The highest BCUT2D eigenvalue weighted by Crippen LogP contribution is 2.18. The van der Waals surface area contributed by atoms with E-state index in [-0.39, 0.29) is 24.7 Å². The molecule has 0 aliphatic heterocycles. The summed E-state index contributed by atoms with van der Waals surface area (Å²) in [7, 11) is 0. The van der Waals surface area contributed by atoms with Crippen LogP contribution < -0.4 is 4.74 Å². The van der Waals surface area contributed by atoms with Crippen molar-refractivity contribution in [2.45, 2.75) is 0 Å². The standard InChI is InChI=1S/C8H8N2O6/c11-9(12)7-2-1-3-8(6-7)15-4-5-16-10(13)14/h1-3,6H,4-5H2. The molecule has 1 rings (SSSR count). The summed E-state index contributed by atoms with van der Waals surface area (Å²) in [6.07, 6.45) is 0. The molecular weight excluding hydrogens is 220 g/mol. The lowest BCUT2D eigenvalue weighted by Gasteiger charge is -2.04. The molecule has 0 amide bonds. The summed E-state index contributed by atoms with van der Waals surface area (Å²) in [5.74, 6) is 0.265. The molecule has 86 valence electrons. The summed E-state index contributed by atoms with van der Waals surface area (Å²) >= 11 is 0. The zero-order valence-electron chi connectivity index (χ0n) is 8.07. The largest absolute Gasteiger partial charge is 0.491 e. The minimum absolute atomic E-state index is 0.0534. The van der Waals surface area contributed by atoms with Crippen molar-refractivity contribution in [2.24, 2.45) is 0 Å². The van der Waals surface area contributed by atoms with Crippen molar-refractivity contribution < 1.29 is 19.6 Å². The molecule has 0 N–H and O–H groups in total. The summed E-state index contributed by atoms with van der Waals surface area (Å²) in [5.41, 5.74) is -0.104. The van der Waals surface area contributed by atoms with E-state index >= 15 is 0 Å².